The predicted octanol–water partition coefficient (Wildman–Crippen LogP) is 4.80. The molecule has 1 aliphatic carbocycles. The molecule has 5 rings (SSSR count). The number of para-hydroxylation sites is 1. The summed E-state index contributed by atoms with van der Waals surface area (Å²) < 4.78 is 8.19. The van der Waals surface area contributed by atoms with Crippen LogP contribution in [0.5, 0.6) is 0 Å². The van der Waals surface area contributed by atoms with Crippen molar-refractivity contribution in [2.45, 2.75) is 38.7 Å². The molecular weight excluding hydrogens is 434 g/mol. The van der Waals surface area contributed by atoms with E-state index in [9.17, 15) is 9.59 Å². The minimum atomic E-state index is -0.562. The second-order valence-corrected chi connectivity index (χ2v) is 9.53. The van der Waals surface area contributed by atoms with E-state index in [0.717, 1.165) is 40.9 Å². The molecule has 158 valence electrons. The molecule has 4 aromatic rings. The lowest BCUT2D eigenvalue weighted by Gasteiger charge is -2.25. The number of fused-ring (bicyclic) bond motifs is 2. The van der Waals surface area contributed by atoms with E-state index in [-0.39, 0.29) is 18.1 Å². The van der Waals surface area contributed by atoms with Gasteiger partial charge in [-0.1, -0.05) is 36.6 Å². The minimum absolute atomic E-state index is 0.0329. The lowest BCUT2D eigenvalue weighted by Crippen LogP contribution is -2.32. The van der Waals surface area contributed by atoms with Gasteiger partial charge in [0.1, 0.15) is 12.3 Å². The zero-order valence-corrected chi connectivity index (χ0v) is 18.3. The highest BCUT2D eigenvalue weighted by atomic mass is 35.5. The van der Waals surface area contributed by atoms with E-state index >= 15 is 0 Å². The molecular formula is C23H20ClN3O3S. The number of aromatic nitrogens is 3. The lowest BCUT2D eigenvalue weighted by molar-refractivity contribution is -0.157. The van der Waals surface area contributed by atoms with Crippen molar-refractivity contribution in [1.82, 2.24) is 14.4 Å². The van der Waals surface area contributed by atoms with Gasteiger partial charge < -0.3 is 4.74 Å². The van der Waals surface area contributed by atoms with Crippen LogP contribution in [0.3, 0.4) is 0 Å². The number of carbonyl (C=O) groups excluding carboxylic acids is 1. The minimum Gasteiger partial charge on any atom is -0.459 e. The van der Waals surface area contributed by atoms with Crippen LogP contribution < -0.4 is 5.56 Å². The number of pyridine rings is 1. The van der Waals surface area contributed by atoms with E-state index in [1.165, 1.54) is 16.7 Å². The molecule has 0 bridgehead atoms. The summed E-state index contributed by atoms with van der Waals surface area (Å²) in [5.74, 6) is -0.234. The van der Waals surface area contributed by atoms with Gasteiger partial charge in [0, 0.05) is 18.7 Å². The zero-order chi connectivity index (χ0) is 21.4. The van der Waals surface area contributed by atoms with E-state index in [2.05, 4.69) is 4.98 Å². The van der Waals surface area contributed by atoms with Gasteiger partial charge in [0.2, 0.25) is 0 Å². The molecule has 0 N–H and O–H groups in total. The summed E-state index contributed by atoms with van der Waals surface area (Å²) in [6, 6.07) is 12.7. The van der Waals surface area contributed by atoms with E-state index in [0.29, 0.717) is 22.8 Å². The molecule has 8 heteroatoms. The summed E-state index contributed by atoms with van der Waals surface area (Å²) in [7, 11) is 0. The van der Waals surface area contributed by atoms with Crippen molar-refractivity contribution in [2.75, 3.05) is 0 Å². The van der Waals surface area contributed by atoms with E-state index in [1.54, 1.807) is 23.5 Å². The Kier molecular flexibility index (Phi) is 5.24. The molecule has 0 amide bonds. The first-order valence-electron chi connectivity index (χ1n) is 10.2. The normalized spacial score (nSPS) is 15.5. The van der Waals surface area contributed by atoms with Crippen LogP contribution in [0.25, 0.3) is 15.9 Å². The van der Waals surface area contributed by atoms with Gasteiger partial charge in [-0.25, -0.2) is 9.97 Å². The van der Waals surface area contributed by atoms with Gasteiger partial charge in [-0.15, -0.1) is 11.3 Å². The summed E-state index contributed by atoms with van der Waals surface area (Å²) in [5, 5.41) is 1.41. The van der Waals surface area contributed by atoms with Crippen LogP contribution in [0.2, 0.25) is 5.02 Å². The third-order valence-electron chi connectivity index (χ3n) is 5.85. The number of hydrogen-bond acceptors (Lipinski definition) is 6. The van der Waals surface area contributed by atoms with Gasteiger partial charge >= 0.3 is 5.97 Å². The fourth-order valence-corrected chi connectivity index (χ4v) is 5.55. The van der Waals surface area contributed by atoms with Crippen molar-refractivity contribution >= 4 is 44.8 Å². The summed E-state index contributed by atoms with van der Waals surface area (Å²) in [4.78, 5) is 34.7. The molecule has 1 saturated carbocycles. The maximum atomic E-state index is 13.2. The quantitative estimate of drug-likeness (QED) is 0.405. The van der Waals surface area contributed by atoms with Gasteiger partial charge in [-0.05, 0) is 37.1 Å². The van der Waals surface area contributed by atoms with Gasteiger partial charge in [0.15, 0.2) is 0 Å². The predicted molar refractivity (Wildman–Crippen MR) is 120 cm³/mol. The van der Waals surface area contributed by atoms with Crippen molar-refractivity contribution in [3.05, 3.63) is 74.7 Å². The Labute approximate surface area is 187 Å². The summed E-state index contributed by atoms with van der Waals surface area (Å²) in [6.07, 6.45) is 5.67. The number of esters is 1. The van der Waals surface area contributed by atoms with Crippen molar-refractivity contribution in [3.8, 4) is 0 Å². The molecule has 1 fully saturated rings. The Morgan fingerprint density at radius 2 is 1.97 bits per heavy atom. The summed E-state index contributed by atoms with van der Waals surface area (Å²) >= 11 is 7.59. The molecule has 0 radical (unpaired) electrons. The van der Waals surface area contributed by atoms with E-state index in [1.807, 2.05) is 24.3 Å². The number of halogens is 1. The lowest BCUT2D eigenvalue weighted by atomic mass is 9.83. The van der Waals surface area contributed by atoms with Crippen LogP contribution in [0.1, 0.15) is 36.4 Å². The molecule has 6 nitrogen and oxygen atoms in total. The van der Waals surface area contributed by atoms with Crippen molar-refractivity contribution in [3.63, 3.8) is 0 Å². The largest absolute Gasteiger partial charge is 0.459 e. The van der Waals surface area contributed by atoms with E-state index in [4.69, 9.17) is 21.3 Å². The number of thiazole rings is 1. The van der Waals surface area contributed by atoms with Crippen LogP contribution in [0.4, 0.5) is 0 Å². The highest BCUT2D eigenvalue weighted by molar-refractivity contribution is 7.18. The van der Waals surface area contributed by atoms with Crippen LogP contribution in [-0.4, -0.2) is 20.3 Å². The molecule has 1 aromatic carbocycles. The highest BCUT2D eigenvalue weighted by Gasteiger charge is 2.43. The highest BCUT2D eigenvalue weighted by Crippen LogP contribution is 2.43. The van der Waals surface area contributed by atoms with E-state index < -0.39 is 5.41 Å². The Balaban J connectivity index is 1.35. The Morgan fingerprint density at radius 1 is 1.16 bits per heavy atom. The fraction of sp³-hybridized carbons (Fsp3) is 0.304. The van der Waals surface area contributed by atoms with Crippen LogP contribution in [0.15, 0.2) is 53.5 Å². The SMILES string of the molecule is O=C(OCc1cc(=O)n2cc(Cl)ccc2n1)C1(Cc2nc3ccccc3s2)CCCC1. The molecule has 0 aliphatic heterocycles. The number of carbonyl (C=O) groups is 1. The second-order valence-electron chi connectivity index (χ2n) is 7.98. The average molecular weight is 454 g/mol. The number of rotatable bonds is 5. The Hall–Kier alpha value is -2.77. The maximum Gasteiger partial charge on any atom is 0.312 e. The number of hydrogen-bond donors (Lipinski definition) is 0. The van der Waals surface area contributed by atoms with Gasteiger partial charge in [0.05, 0.1) is 31.4 Å². The monoisotopic (exact) mass is 453 g/mol. The van der Waals surface area contributed by atoms with Crippen LogP contribution in [0, 0.1) is 5.41 Å². The maximum absolute atomic E-state index is 13.2. The molecule has 0 atom stereocenters. The molecule has 0 unspecified atom stereocenters. The van der Waals surface area contributed by atoms with Crippen LogP contribution in [-0.2, 0) is 22.6 Å². The fourth-order valence-electron chi connectivity index (χ4n) is 4.28. The molecule has 3 heterocycles. The first-order valence-corrected chi connectivity index (χ1v) is 11.4. The smallest absolute Gasteiger partial charge is 0.312 e. The first-order chi connectivity index (χ1) is 15.0. The zero-order valence-electron chi connectivity index (χ0n) is 16.7. The molecule has 0 saturated heterocycles. The third kappa shape index (κ3) is 3.95. The van der Waals surface area contributed by atoms with Crippen molar-refractivity contribution in [2.24, 2.45) is 5.41 Å². The Bertz CT molecular complexity index is 1310. The molecule has 3 aromatic heterocycles. The molecule has 0 spiro atoms. The number of benzene rings is 1. The standard InChI is InChI=1S/C23H20ClN3O3S/c24-15-7-8-19-25-16(11-21(28)27(19)13-15)14-30-22(29)23(9-3-4-10-23)12-20-26-17-5-1-2-6-18(17)31-20/h1-2,5-8,11,13H,3-4,9-10,12,14H2. The summed E-state index contributed by atoms with van der Waals surface area (Å²) in [6.45, 7) is -0.0329. The van der Waals surface area contributed by atoms with Crippen LogP contribution >= 0.6 is 22.9 Å². The molecule has 1 aliphatic rings. The average Bonchev–Trinajstić information content (AvgIpc) is 3.40. The summed E-state index contributed by atoms with van der Waals surface area (Å²) in [5.41, 5.74) is 1.03. The van der Waals surface area contributed by atoms with Gasteiger partial charge in [0.25, 0.3) is 5.56 Å². The Morgan fingerprint density at radius 3 is 2.77 bits per heavy atom. The number of nitrogens with zero attached hydrogens (tertiary/aromatic N) is 3. The molecule has 31 heavy (non-hydrogen) atoms. The van der Waals surface area contributed by atoms with Crippen molar-refractivity contribution < 1.29 is 9.53 Å². The van der Waals surface area contributed by atoms with Gasteiger partial charge in [-0.2, -0.15) is 0 Å². The first kappa shape index (κ1) is 20.2. The number of ether oxygens (including phenoxy) is 1. The van der Waals surface area contributed by atoms with Crippen molar-refractivity contribution in [1.29, 1.82) is 0 Å². The second kappa shape index (κ2) is 8.05. The third-order valence-corrected chi connectivity index (χ3v) is 7.11. The van der Waals surface area contributed by atoms with Gasteiger partial charge in [-0.3, -0.25) is 14.0 Å². The topological polar surface area (TPSA) is 73.6 Å².